The minimum Gasteiger partial charge on any atom is -0.481 e. The van der Waals surface area contributed by atoms with Crippen LogP contribution in [0.15, 0.2) is 60.9 Å². The van der Waals surface area contributed by atoms with Crippen molar-refractivity contribution < 1.29 is 39.5 Å². The molecule has 11 heteroatoms. The first-order valence-corrected chi connectivity index (χ1v) is 11.5. The number of hydrogen-bond acceptors (Lipinski definition) is 8. The van der Waals surface area contributed by atoms with Crippen molar-refractivity contribution in [2.45, 2.75) is 38.0 Å². The third-order valence-electron chi connectivity index (χ3n) is 5.35. The van der Waals surface area contributed by atoms with Gasteiger partial charge in [0.15, 0.2) is 5.60 Å². The SMILES string of the molecule is COCCCN(Cc1ccccn1)Cc1ccnc2ccccc12.O=C(O)CC(O)(CC(=O)O)C(=O)O. The lowest BCUT2D eigenvalue weighted by molar-refractivity contribution is -0.170. The van der Waals surface area contributed by atoms with Gasteiger partial charge in [-0.1, -0.05) is 24.3 Å². The van der Waals surface area contributed by atoms with Crippen molar-refractivity contribution in [3.05, 3.63) is 72.2 Å². The zero-order valence-electron chi connectivity index (χ0n) is 20.5. The van der Waals surface area contributed by atoms with Gasteiger partial charge in [0.1, 0.15) is 0 Å². The van der Waals surface area contributed by atoms with Gasteiger partial charge in [0, 0.05) is 51.1 Å². The van der Waals surface area contributed by atoms with Crippen molar-refractivity contribution in [3.8, 4) is 0 Å². The maximum Gasteiger partial charge on any atom is 0.336 e. The predicted molar refractivity (Wildman–Crippen MR) is 134 cm³/mol. The summed E-state index contributed by atoms with van der Waals surface area (Å²) in [6, 6.07) is 16.5. The van der Waals surface area contributed by atoms with E-state index in [0.29, 0.717) is 0 Å². The van der Waals surface area contributed by atoms with Crippen molar-refractivity contribution in [2.24, 2.45) is 0 Å². The Balaban J connectivity index is 0.000000317. The molecule has 0 aliphatic rings. The molecule has 0 unspecified atom stereocenters. The van der Waals surface area contributed by atoms with E-state index in [1.807, 2.05) is 30.6 Å². The van der Waals surface area contributed by atoms with Crippen LogP contribution in [0.5, 0.6) is 0 Å². The number of para-hydroxylation sites is 1. The fourth-order valence-electron chi connectivity index (χ4n) is 3.62. The Bertz CT molecular complexity index is 1150. The molecular weight excluding hydrogens is 482 g/mol. The van der Waals surface area contributed by atoms with E-state index in [1.54, 1.807) is 7.11 Å². The Morgan fingerprint density at radius 3 is 2.16 bits per heavy atom. The minimum atomic E-state index is -2.74. The Kier molecular flexibility index (Phi) is 11.6. The maximum atomic E-state index is 10.3. The average molecular weight is 514 g/mol. The van der Waals surface area contributed by atoms with Crippen LogP contribution in [0, 0.1) is 0 Å². The fourth-order valence-corrected chi connectivity index (χ4v) is 3.62. The number of ether oxygens (including phenoxy) is 1. The number of rotatable bonds is 13. The van der Waals surface area contributed by atoms with E-state index in [0.717, 1.165) is 43.9 Å². The van der Waals surface area contributed by atoms with Gasteiger partial charge in [0.25, 0.3) is 0 Å². The van der Waals surface area contributed by atoms with Gasteiger partial charge in [-0.05, 0) is 36.2 Å². The monoisotopic (exact) mass is 513 g/mol. The molecule has 2 heterocycles. The Hall–Kier alpha value is -3.93. The van der Waals surface area contributed by atoms with Crippen LogP contribution in [0.3, 0.4) is 0 Å². The first-order chi connectivity index (χ1) is 17.6. The molecule has 11 nitrogen and oxygen atoms in total. The predicted octanol–water partition coefficient (Wildman–Crippen LogP) is 2.42. The highest BCUT2D eigenvalue weighted by molar-refractivity contribution is 5.88. The van der Waals surface area contributed by atoms with E-state index in [2.05, 4.69) is 45.2 Å². The second kappa shape index (κ2) is 14.6. The van der Waals surface area contributed by atoms with Crippen LogP contribution >= 0.6 is 0 Å². The number of fused-ring (bicyclic) bond motifs is 1. The van der Waals surface area contributed by atoms with Gasteiger partial charge in [-0.15, -0.1) is 0 Å². The van der Waals surface area contributed by atoms with Crippen LogP contribution in [0.2, 0.25) is 0 Å². The quantitative estimate of drug-likeness (QED) is 0.247. The van der Waals surface area contributed by atoms with Crippen molar-refractivity contribution in [2.75, 3.05) is 20.3 Å². The molecule has 4 N–H and O–H groups in total. The van der Waals surface area contributed by atoms with E-state index in [1.165, 1.54) is 10.9 Å². The van der Waals surface area contributed by atoms with Crippen LogP contribution in [-0.4, -0.2) is 79.1 Å². The van der Waals surface area contributed by atoms with Gasteiger partial charge < -0.3 is 25.2 Å². The molecule has 0 aliphatic heterocycles. The molecule has 0 saturated carbocycles. The molecule has 0 spiro atoms. The van der Waals surface area contributed by atoms with Gasteiger partial charge >= 0.3 is 17.9 Å². The summed E-state index contributed by atoms with van der Waals surface area (Å²) in [4.78, 5) is 41.8. The summed E-state index contributed by atoms with van der Waals surface area (Å²) < 4.78 is 5.21. The molecule has 0 saturated heterocycles. The van der Waals surface area contributed by atoms with Crippen molar-refractivity contribution in [3.63, 3.8) is 0 Å². The number of benzene rings is 1. The van der Waals surface area contributed by atoms with Crippen LogP contribution in [-0.2, 0) is 32.2 Å². The highest BCUT2D eigenvalue weighted by Gasteiger charge is 2.40. The summed E-state index contributed by atoms with van der Waals surface area (Å²) in [5.74, 6) is -5.02. The number of carbonyl (C=O) groups is 3. The van der Waals surface area contributed by atoms with E-state index < -0.39 is 36.4 Å². The van der Waals surface area contributed by atoms with Gasteiger partial charge in [-0.25, -0.2) is 4.79 Å². The number of pyridine rings is 2. The average Bonchev–Trinajstić information content (AvgIpc) is 2.84. The van der Waals surface area contributed by atoms with Gasteiger partial charge in [0.2, 0.25) is 0 Å². The molecule has 3 rings (SSSR count). The van der Waals surface area contributed by atoms with E-state index in [-0.39, 0.29) is 0 Å². The first kappa shape index (κ1) is 29.3. The standard InChI is InChI=1S/C20H23N3O.C6H8O7/c1-24-14-6-13-23(16-18-7-4-5-11-21-18)15-17-10-12-22-20-9-3-2-8-19(17)20;7-3(8)1-6(13,5(11)12)2-4(9)10/h2-5,7-12H,6,13-16H2,1H3;13H,1-2H2,(H,7,8)(H,9,10)(H,11,12). The summed E-state index contributed by atoms with van der Waals surface area (Å²) >= 11 is 0. The summed E-state index contributed by atoms with van der Waals surface area (Å²) in [5.41, 5.74) is 0.699. The van der Waals surface area contributed by atoms with Crippen LogP contribution in [0.25, 0.3) is 10.9 Å². The topological polar surface area (TPSA) is 170 Å². The molecule has 2 aromatic heterocycles. The van der Waals surface area contributed by atoms with E-state index in [9.17, 15) is 14.4 Å². The Morgan fingerprint density at radius 2 is 1.57 bits per heavy atom. The summed E-state index contributed by atoms with van der Waals surface area (Å²) in [5, 5.41) is 35.0. The molecular formula is C26H31N3O8. The second-order valence-corrected chi connectivity index (χ2v) is 8.34. The largest absolute Gasteiger partial charge is 0.481 e. The molecule has 0 bridgehead atoms. The maximum absolute atomic E-state index is 10.3. The second-order valence-electron chi connectivity index (χ2n) is 8.34. The molecule has 0 aliphatic carbocycles. The lowest BCUT2D eigenvalue weighted by atomic mass is 9.96. The Morgan fingerprint density at radius 1 is 0.892 bits per heavy atom. The summed E-state index contributed by atoms with van der Waals surface area (Å²) in [7, 11) is 1.75. The van der Waals surface area contributed by atoms with Gasteiger partial charge in [-0.2, -0.15) is 0 Å². The van der Waals surface area contributed by atoms with Crippen molar-refractivity contribution >= 4 is 28.8 Å². The number of aliphatic hydroxyl groups is 1. The lowest BCUT2D eigenvalue weighted by Gasteiger charge is -2.22. The van der Waals surface area contributed by atoms with Gasteiger partial charge in [-0.3, -0.25) is 24.5 Å². The third kappa shape index (κ3) is 9.92. The lowest BCUT2D eigenvalue weighted by Crippen LogP contribution is -2.42. The molecule has 0 amide bonds. The number of aromatic nitrogens is 2. The van der Waals surface area contributed by atoms with Crippen molar-refractivity contribution in [1.82, 2.24) is 14.9 Å². The number of carboxylic acid groups (broad SMARTS) is 3. The highest BCUT2D eigenvalue weighted by Crippen LogP contribution is 2.19. The molecule has 0 radical (unpaired) electrons. The minimum absolute atomic E-state index is 0.774. The number of hydrogen-bond donors (Lipinski definition) is 4. The molecule has 0 atom stereocenters. The van der Waals surface area contributed by atoms with Gasteiger partial charge in [0.05, 0.1) is 24.1 Å². The first-order valence-electron chi connectivity index (χ1n) is 11.5. The van der Waals surface area contributed by atoms with Crippen LogP contribution in [0.4, 0.5) is 0 Å². The zero-order chi connectivity index (χ0) is 27.3. The molecule has 198 valence electrons. The molecule has 1 aromatic carbocycles. The number of nitrogens with zero attached hydrogens (tertiary/aromatic N) is 3. The smallest absolute Gasteiger partial charge is 0.336 e. The van der Waals surface area contributed by atoms with E-state index in [4.69, 9.17) is 25.2 Å². The normalized spacial score (nSPS) is 11.1. The van der Waals surface area contributed by atoms with Crippen molar-refractivity contribution in [1.29, 1.82) is 0 Å². The van der Waals surface area contributed by atoms with E-state index >= 15 is 0 Å². The summed E-state index contributed by atoms with van der Waals surface area (Å²) in [6.45, 7) is 3.46. The highest BCUT2D eigenvalue weighted by atomic mass is 16.5. The molecule has 37 heavy (non-hydrogen) atoms. The fraction of sp³-hybridized carbons (Fsp3) is 0.346. The zero-order valence-corrected chi connectivity index (χ0v) is 20.5. The third-order valence-corrected chi connectivity index (χ3v) is 5.35. The van der Waals surface area contributed by atoms with Crippen LogP contribution in [0.1, 0.15) is 30.5 Å². The molecule has 0 fully saturated rings. The van der Waals surface area contributed by atoms with Crippen LogP contribution < -0.4 is 0 Å². The number of carboxylic acids is 3. The number of aliphatic carboxylic acids is 3. The number of methoxy groups -OCH3 is 1. The molecule has 3 aromatic rings. The summed E-state index contributed by atoms with van der Waals surface area (Å²) in [6.07, 6.45) is 2.46. The Labute approximate surface area is 214 Å².